The van der Waals surface area contributed by atoms with E-state index in [9.17, 15) is 8.42 Å². The summed E-state index contributed by atoms with van der Waals surface area (Å²) in [7, 11) is -3.19. The molecule has 0 aliphatic carbocycles. The Bertz CT molecular complexity index is 678. The maximum atomic E-state index is 11.4. The second-order valence-corrected chi connectivity index (χ2v) is 6.79. The van der Waals surface area contributed by atoms with Gasteiger partial charge in [-0.1, -0.05) is 11.6 Å². The van der Waals surface area contributed by atoms with Gasteiger partial charge in [0.15, 0.2) is 9.84 Å². The number of aromatic amines is 1. The third kappa shape index (κ3) is 2.23. The summed E-state index contributed by atoms with van der Waals surface area (Å²) < 4.78 is 22.9. The second kappa shape index (κ2) is 3.89. The van der Waals surface area contributed by atoms with Crippen LogP contribution >= 0.6 is 11.6 Å². The number of nitrogens with one attached hydrogen (secondary N) is 1. The molecular formula is C10H12ClN3O2S. The Morgan fingerprint density at radius 2 is 2.12 bits per heavy atom. The highest BCUT2D eigenvalue weighted by Crippen LogP contribution is 2.27. The number of halogens is 1. The number of H-pyrrole nitrogens is 1. The van der Waals surface area contributed by atoms with E-state index in [1.807, 2.05) is 0 Å². The number of nitrogens with two attached hydrogens (primary N) is 1. The number of aromatic nitrogens is 2. The lowest BCUT2D eigenvalue weighted by molar-refractivity contribution is 0.590. The van der Waals surface area contributed by atoms with Crippen molar-refractivity contribution >= 4 is 38.2 Å². The van der Waals surface area contributed by atoms with Crippen LogP contribution in [0.4, 0.5) is 5.69 Å². The van der Waals surface area contributed by atoms with Crippen molar-refractivity contribution in [1.82, 2.24) is 9.97 Å². The van der Waals surface area contributed by atoms with E-state index in [1.54, 1.807) is 19.1 Å². The number of rotatable bonds is 2. The molecule has 2 rings (SSSR count). The van der Waals surface area contributed by atoms with Crippen LogP contribution in [-0.4, -0.2) is 24.6 Å². The van der Waals surface area contributed by atoms with Gasteiger partial charge in [-0.15, -0.1) is 0 Å². The molecule has 0 saturated heterocycles. The topological polar surface area (TPSA) is 88.8 Å². The smallest absolute Gasteiger partial charge is 0.157 e. The van der Waals surface area contributed by atoms with E-state index >= 15 is 0 Å². The summed E-state index contributed by atoms with van der Waals surface area (Å²) in [6.45, 7) is 1.57. The third-order valence-corrected chi connectivity index (χ3v) is 4.35. The summed E-state index contributed by atoms with van der Waals surface area (Å²) in [5, 5.41) is -0.217. The molecule has 0 aliphatic rings. The molecule has 0 amide bonds. The molecule has 0 aliphatic heterocycles. The number of imidazole rings is 1. The molecule has 1 aromatic carbocycles. The standard InChI is InChI=1S/C10H12ClN3O2S/c1-5(17(2,15)16)10-13-8-4-6(11)3-7(12)9(8)14-10/h3-5H,12H2,1-2H3,(H,13,14). The highest BCUT2D eigenvalue weighted by molar-refractivity contribution is 7.90. The van der Waals surface area contributed by atoms with E-state index in [-0.39, 0.29) is 0 Å². The molecule has 0 saturated carbocycles. The molecule has 1 aromatic heterocycles. The van der Waals surface area contributed by atoms with Gasteiger partial charge in [0.25, 0.3) is 0 Å². The van der Waals surface area contributed by atoms with E-state index in [4.69, 9.17) is 17.3 Å². The Hall–Kier alpha value is -1.27. The normalized spacial score (nSPS) is 14.1. The highest BCUT2D eigenvalue weighted by atomic mass is 35.5. The Kier molecular flexibility index (Phi) is 2.79. The zero-order valence-corrected chi connectivity index (χ0v) is 10.9. The summed E-state index contributed by atoms with van der Waals surface area (Å²) >= 11 is 5.86. The lowest BCUT2D eigenvalue weighted by Crippen LogP contribution is -2.09. The highest BCUT2D eigenvalue weighted by Gasteiger charge is 2.21. The second-order valence-electron chi connectivity index (χ2n) is 3.98. The van der Waals surface area contributed by atoms with Crippen LogP contribution in [0.25, 0.3) is 11.0 Å². The molecule has 0 fully saturated rings. The molecule has 3 N–H and O–H groups in total. The predicted molar refractivity (Wildman–Crippen MR) is 68.8 cm³/mol. The van der Waals surface area contributed by atoms with Gasteiger partial charge in [-0.3, -0.25) is 0 Å². The first-order valence-corrected chi connectivity index (χ1v) is 7.26. The predicted octanol–water partition coefficient (Wildman–Crippen LogP) is 1.90. The van der Waals surface area contributed by atoms with Crippen molar-refractivity contribution in [2.45, 2.75) is 12.2 Å². The van der Waals surface area contributed by atoms with Crippen molar-refractivity contribution in [3.63, 3.8) is 0 Å². The summed E-state index contributed by atoms with van der Waals surface area (Å²) in [6.07, 6.45) is 1.17. The monoisotopic (exact) mass is 273 g/mol. The van der Waals surface area contributed by atoms with Crippen LogP contribution in [0.1, 0.15) is 18.0 Å². The summed E-state index contributed by atoms with van der Waals surface area (Å²) in [5.41, 5.74) is 7.37. The SMILES string of the molecule is CC(c1nc2c(N)cc(Cl)cc2[nH]1)S(C)(=O)=O. The van der Waals surface area contributed by atoms with E-state index in [1.165, 1.54) is 6.26 Å². The fourth-order valence-electron chi connectivity index (χ4n) is 1.52. The number of benzene rings is 1. The first-order valence-electron chi connectivity index (χ1n) is 4.92. The van der Waals surface area contributed by atoms with Crippen molar-refractivity contribution in [2.24, 2.45) is 0 Å². The molecule has 2 aromatic rings. The average Bonchev–Trinajstić information content (AvgIpc) is 2.58. The Balaban J connectivity index is 2.63. The third-order valence-electron chi connectivity index (χ3n) is 2.63. The van der Waals surface area contributed by atoms with Gasteiger partial charge < -0.3 is 10.7 Å². The van der Waals surface area contributed by atoms with Crippen LogP contribution in [0.5, 0.6) is 0 Å². The van der Waals surface area contributed by atoms with Gasteiger partial charge in [0, 0.05) is 11.3 Å². The van der Waals surface area contributed by atoms with Crippen LogP contribution in [-0.2, 0) is 9.84 Å². The molecular weight excluding hydrogens is 262 g/mol. The molecule has 1 unspecified atom stereocenters. The molecule has 92 valence electrons. The molecule has 7 heteroatoms. The lowest BCUT2D eigenvalue weighted by Gasteiger charge is -2.04. The van der Waals surface area contributed by atoms with Crippen LogP contribution < -0.4 is 5.73 Å². The lowest BCUT2D eigenvalue weighted by atomic mass is 10.3. The zero-order chi connectivity index (χ0) is 12.8. The molecule has 1 heterocycles. The summed E-state index contributed by atoms with van der Waals surface area (Å²) in [6, 6.07) is 3.25. The van der Waals surface area contributed by atoms with Crippen LogP contribution in [0.3, 0.4) is 0 Å². The number of hydrogen-bond donors (Lipinski definition) is 2. The Morgan fingerprint density at radius 1 is 1.47 bits per heavy atom. The Morgan fingerprint density at radius 3 is 2.71 bits per heavy atom. The van der Waals surface area contributed by atoms with Gasteiger partial charge in [0.2, 0.25) is 0 Å². The number of nitrogens with zero attached hydrogens (tertiary/aromatic N) is 1. The maximum absolute atomic E-state index is 11.4. The van der Waals surface area contributed by atoms with Gasteiger partial charge >= 0.3 is 0 Å². The molecule has 0 spiro atoms. The molecule has 17 heavy (non-hydrogen) atoms. The summed E-state index contributed by atoms with van der Waals surface area (Å²) in [5.74, 6) is 0.372. The van der Waals surface area contributed by atoms with E-state index in [2.05, 4.69) is 9.97 Å². The zero-order valence-electron chi connectivity index (χ0n) is 9.36. The first-order chi connectivity index (χ1) is 7.79. The van der Waals surface area contributed by atoms with E-state index in [0.717, 1.165) is 0 Å². The quantitative estimate of drug-likeness (QED) is 0.818. The van der Waals surface area contributed by atoms with Crippen LogP contribution in [0, 0.1) is 0 Å². The minimum atomic E-state index is -3.19. The van der Waals surface area contributed by atoms with Gasteiger partial charge in [-0.25, -0.2) is 13.4 Å². The minimum Gasteiger partial charge on any atom is -0.397 e. The fraction of sp³-hybridized carbons (Fsp3) is 0.300. The van der Waals surface area contributed by atoms with Crippen molar-refractivity contribution < 1.29 is 8.42 Å². The number of anilines is 1. The van der Waals surface area contributed by atoms with Crippen LogP contribution in [0.15, 0.2) is 12.1 Å². The largest absolute Gasteiger partial charge is 0.397 e. The van der Waals surface area contributed by atoms with Crippen molar-refractivity contribution in [3.05, 3.63) is 23.0 Å². The fourth-order valence-corrected chi connectivity index (χ4v) is 2.27. The van der Waals surface area contributed by atoms with Crippen molar-refractivity contribution in [3.8, 4) is 0 Å². The Labute approximate surface area is 104 Å². The number of fused-ring (bicyclic) bond motifs is 1. The van der Waals surface area contributed by atoms with E-state index in [0.29, 0.717) is 27.6 Å². The molecule has 5 nitrogen and oxygen atoms in total. The molecule has 0 bridgehead atoms. The van der Waals surface area contributed by atoms with Crippen LogP contribution in [0.2, 0.25) is 5.02 Å². The van der Waals surface area contributed by atoms with E-state index < -0.39 is 15.1 Å². The molecule has 0 radical (unpaired) electrons. The minimum absolute atomic E-state index is 0.372. The first kappa shape index (κ1) is 12.2. The van der Waals surface area contributed by atoms with Gasteiger partial charge in [0.1, 0.15) is 16.6 Å². The van der Waals surface area contributed by atoms with Crippen molar-refractivity contribution in [2.75, 3.05) is 12.0 Å². The number of hydrogen-bond acceptors (Lipinski definition) is 4. The maximum Gasteiger partial charge on any atom is 0.157 e. The van der Waals surface area contributed by atoms with Gasteiger partial charge in [-0.05, 0) is 19.1 Å². The van der Waals surface area contributed by atoms with Gasteiger partial charge in [-0.2, -0.15) is 0 Å². The number of nitrogen functional groups attached to an aromatic ring is 1. The van der Waals surface area contributed by atoms with Crippen molar-refractivity contribution in [1.29, 1.82) is 0 Å². The summed E-state index contributed by atoms with van der Waals surface area (Å²) in [4.78, 5) is 7.13. The molecule has 1 atom stereocenters. The number of sulfone groups is 1. The van der Waals surface area contributed by atoms with Gasteiger partial charge in [0.05, 0.1) is 11.2 Å². The average molecular weight is 274 g/mol.